The van der Waals surface area contributed by atoms with Gasteiger partial charge >= 0.3 is 5.97 Å². The third kappa shape index (κ3) is 5.40. The van der Waals surface area contributed by atoms with Gasteiger partial charge < -0.3 is 15.0 Å². The maximum Gasteiger partial charge on any atom is 0.306 e. The molecule has 0 radical (unpaired) electrons. The zero-order valence-electron chi connectivity index (χ0n) is 18.3. The smallest absolute Gasteiger partial charge is 0.306 e. The Morgan fingerprint density at radius 1 is 1.12 bits per heavy atom. The minimum atomic E-state index is -3.48. The molecule has 3 rings (SSSR count). The summed E-state index contributed by atoms with van der Waals surface area (Å²) in [7, 11) is -3.48. The highest BCUT2D eigenvalue weighted by atomic mass is 32.2. The SMILES string of the molecule is CCN(CC)S(=O)(=O)c1ccc(CCC(=O)OCCCn2cnc3c(N)ncnc32)cc1. The van der Waals surface area contributed by atoms with Crippen molar-refractivity contribution in [3.05, 3.63) is 42.5 Å². The number of benzene rings is 1. The number of imidazole rings is 1. The van der Waals surface area contributed by atoms with Gasteiger partial charge in [-0.3, -0.25) is 4.79 Å². The number of carbonyl (C=O) groups is 1. The molecule has 10 nitrogen and oxygen atoms in total. The van der Waals surface area contributed by atoms with Crippen LogP contribution < -0.4 is 5.73 Å². The molecular weight excluding hydrogens is 432 g/mol. The largest absolute Gasteiger partial charge is 0.466 e. The molecule has 0 bridgehead atoms. The fourth-order valence-corrected chi connectivity index (χ4v) is 4.80. The molecule has 2 N–H and O–H groups in total. The summed E-state index contributed by atoms with van der Waals surface area (Å²) in [6, 6.07) is 6.64. The van der Waals surface area contributed by atoms with E-state index in [0.29, 0.717) is 49.5 Å². The van der Waals surface area contributed by atoms with Crippen LogP contribution in [0.5, 0.6) is 0 Å². The highest BCUT2D eigenvalue weighted by molar-refractivity contribution is 7.89. The topological polar surface area (TPSA) is 133 Å². The summed E-state index contributed by atoms with van der Waals surface area (Å²) in [5, 5.41) is 0. The lowest BCUT2D eigenvalue weighted by atomic mass is 10.1. The maximum absolute atomic E-state index is 12.5. The van der Waals surface area contributed by atoms with E-state index in [4.69, 9.17) is 10.5 Å². The molecule has 0 unspecified atom stereocenters. The van der Waals surface area contributed by atoms with Gasteiger partial charge in [-0.15, -0.1) is 0 Å². The van der Waals surface area contributed by atoms with E-state index in [1.54, 1.807) is 30.6 Å². The quantitative estimate of drug-likeness (QED) is 0.339. The average molecular weight is 461 g/mol. The first-order valence-corrected chi connectivity index (χ1v) is 12.0. The fraction of sp³-hybridized carbons (Fsp3) is 0.429. The number of esters is 1. The zero-order chi connectivity index (χ0) is 23.1. The van der Waals surface area contributed by atoms with Gasteiger partial charge in [-0.2, -0.15) is 4.31 Å². The minimum Gasteiger partial charge on any atom is -0.466 e. The number of nitrogen functional groups attached to an aromatic ring is 1. The molecule has 1 aromatic carbocycles. The van der Waals surface area contributed by atoms with Crippen molar-refractivity contribution in [2.45, 2.75) is 44.6 Å². The molecule has 2 heterocycles. The van der Waals surface area contributed by atoms with E-state index in [2.05, 4.69) is 15.0 Å². The molecule has 2 aromatic heterocycles. The normalized spacial score (nSPS) is 11.8. The summed E-state index contributed by atoms with van der Waals surface area (Å²) >= 11 is 0. The highest BCUT2D eigenvalue weighted by Gasteiger charge is 2.21. The molecule has 32 heavy (non-hydrogen) atoms. The number of nitrogens with two attached hydrogens (primary N) is 1. The number of carbonyl (C=O) groups excluding carboxylic acids is 1. The Morgan fingerprint density at radius 3 is 2.53 bits per heavy atom. The third-order valence-corrected chi connectivity index (χ3v) is 7.18. The van der Waals surface area contributed by atoms with Crippen LogP contribution in [-0.2, 0) is 32.5 Å². The second-order valence-electron chi connectivity index (χ2n) is 7.18. The molecule has 0 saturated heterocycles. The van der Waals surface area contributed by atoms with Crippen LogP contribution in [0.1, 0.15) is 32.3 Å². The molecule has 0 atom stereocenters. The van der Waals surface area contributed by atoms with Gasteiger partial charge in [0.05, 0.1) is 17.8 Å². The van der Waals surface area contributed by atoms with Crippen molar-refractivity contribution in [2.75, 3.05) is 25.4 Å². The molecule has 0 amide bonds. The predicted octanol–water partition coefficient (Wildman–Crippen LogP) is 2.01. The Hall–Kier alpha value is -3.05. The predicted molar refractivity (Wildman–Crippen MR) is 120 cm³/mol. The summed E-state index contributed by atoms with van der Waals surface area (Å²) in [4.78, 5) is 24.6. The number of rotatable bonds is 11. The van der Waals surface area contributed by atoms with Crippen LogP contribution in [0.3, 0.4) is 0 Å². The molecule has 3 aromatic rings. The van der Waals surface area contributed by atoms with Crippen molar-refractivity contribution in [1.82, 2.24) is 23.8 Å². The first kappa shape index (κ1) is 23.6. The number of sulfonamides is 1. The Labute approximate surface area is 187 Å². The van der Waals surface area contributed by atoms with E-state index < -0.39 is 10.0 Å². The molecule has 0 aliphatic carbocycles. The molecule has 0 aliphatic rings. The van der Waals surface area contributed by atoms with Crippen molar-refractivity contribution in [2.24, 2.45) is 0 Å². The van der Waals surface area contributed by atoms with Crippen LogP contribution in [0, 0.1) is 0 Å². The van der Waals surface area contributed by atoms with Gasteiger partial charge in [0.1, 0.15) is 11.8 Å². The number of hydrogen-bond acceptors (Lipinski definition) is 8. The number of fused-ring (bicyclic) bond motifs is 1. The zero-order valence-corrected chi connectivity index (χ0v) is 19.1. The van der Waals surface area contributed by atoms with Crippen molar-refractivity contribution in [3.8, 4) is 0 Å². The molecule has 0 saturated carbocycles. The summed E-state index contributed by atoms with van der Waals surface area (Å²) < 4.78 is 33.6. The Morgan fingerprint density at radius 2 is 1.84 bits per heavy atom. The summed E-state index contributed by atoms with van der Waals surface area (Å²) in [6.07, 6.45) is 4.34. The Bertz CT molecular complexity index is 1160. The van der Waals surface area contributed by atoms with Crippen molar-refractivity contribution in [1.29, 1.82) is 0 Å². The molecule has 172 valence electrons. The number of hydrogen-bond donors (Lipinski definition) is 1. The summed E-state index contributed by atoms with van der Waals surface area (Å²) in [5.74, 6) is 0.0331. The van der Waals surface area contributed by atoms with E-state index in [-0.39, 0.29) is 23.9 Å². The summed E-state index contributed by atoms with van der Waals surface area (Å²) in [6.45, 7) is 5.32. The summed E-state index contributed by atoms with van der Waals surface area (Å²) in [5.41, 5.74) is 7.85. The van der Waals surface area contributed by atoms with Gasteiger partial charge in [0.25, 0.3) is 0 Å². The van der Waals surface area contributed by atoms with Gasteiger partial charge in [0.15, 0.2) is 11.5 Å². The number of anilines is 1. The van der Waals surface area contributed by atoms with Gasteiger partial charge in [-0.1, -0.05) is 26.0 Å². The molecule has 0 aliphatic heterocycles. The number of ether oxygens (including phenoxy) is 1. The van der Waals surface area contributed by atoms with Gasteiger partial charge in [-0.05, 0) is 30.5 Å². The lowest BCUT2D eigenvalue weighted by Crippen LogP contribution is -2.30. The van der Waals surface area contributed by atoms with E-state index in [1.807, 2.05) is 18.4 Å². The van der Waals surface area contributed by atoms with Crippen LogP contribution in [0.4, 0.5) is 5.82 Å². The van der Waals surface area contributed by atoms with Gasteiger partial charge in [-0.25, -0.2) is 23.4 Å². The van der Waals surface area contributed by atoms with E-state index >= 15 is 0 Å². The van der Waals surface area contributed by atoms with Crippen LogP contribution in [0.2, 0.25) is 0 Å². The highest BCUT2D eigenvalue weighted by Crippen LogP contribution is 2.17. The van der Waals surface area contributed by atoms with Crippen LogP contribution in [-0.4, -0.2) is 57.9 Å². The van der Waals surface area contributed by atoms with Crippen molar-refractivity contribution in [3.63, 3.8) is 0 Å². The lowest BCUT2D eigenvalue weighted by Gasteiger charge is -2.18. The van der Waals surface area contributed by atoms with Crippen molar-refractivity contribution < 1.29 is 17.9 Å². The van der Waals surface area contributed by atoms with E-state index in [9.17, 15) is 13.2 Å². The second-order valence-corrected chi connectivity index (χ2v) is 9.11. The van der Waals surface area contributed by atoms with Crippen molar-refractivity contribution >= 4 is 33.0 Å². The molecule has 0 fully saturated rings. The Balaban J connectivity index is 1.43. The monoisotopic (exact) mass is 460 g/mol. The van der Waals surface area contributed by atoms with Gasteiger partial charge in [0.2, 0.25) is 10.0 Å². The van der Waals surface area contributed by atoms with Crippen LogP contribution in [0.25, 0.3) is 11.2 Å². The fourth-order valence-electron chi connectivity index (χ4n) is 3.34. The molecule has 0 spiro atoms. The van der Waals surface area contributed by atoms with E-state index in [0.717, 1.165) is 5.56 Å². The second kappa shape index (κ2) is 10.5. The minimum absolute atomic E-state index is 0.222. The standard InChI is InChI=1S/C21H28N6O4S/c1-3-27(4-2)32(29,30)17-9-6-16(7-10-17)8-11-18(28)31-13-5-12-26-15-25-19-20(22)23-14-24-21(19)26/h6-7,9-10,14-15H,3-5,8,11-13H2,1-2H3,(H2,22,23,24). The number of aromatic nitrogens is 4. The van der Waals surface area contributed by atoms with Gasteiger partial charge in [0, 0.05) is 26.1 Å². The number of nitrogens with zero attached hydrogens (tertiary/aromatic N) is 5. The third-order valence-electron chi connectivity index (χ3n) is 5.12. The molecule has 11 heteroatoms. The first-order valence-electron chi connectivity index (χ1n) is 10.5. The average Bonchev–Trinajstić information content (AvgIpc) is 3.20. The molecular formula is C21H28N6O4S. The Kier molecular flexibility index (Phi) is 7.75. The van der Waals surface area contributed by atoms with Crippen LogP contribution >= 0.6 is 0 Å². The first-order chi connectivity index (χ1) is 15.4. The van der Waals surface area contributed by atoms with E-state index in [1.165, 1.54) is 10.6 Å². The lowest BCUT2D eigenvalue weighted by molar-refractivity contribution is -0.143. The number of aryl methyl sites for hydroxylation is 2. The van der Waals surface area contributed by atoms with Crippen LogP contribution in [0.15, 0.2) is 41.8 Å². The maximum atomic E-state index is 12.5.